The van der Waals surface area contributed by atoms with Crippen LogP contribution in [-0.2, 0) is 16.6 Å². The van der Waals surface area contributed by atoms with Gasteiger partial charge in [0.1, 0.15) is 16.8 Å². The predicted molar refractivity (Wildman–Crippen MR) is 94.3 cm³/mol. The number of aryl methyl sites for hydroxylation is 2. The third kappa shape index (κ3) is 3.65. The molecule has 3 aromatic rings. The summed E-state index contributed by atoms with van der Waals surface area (Å²) in [7, 11) is -5.27. The minimum atomic E-state index is -5.28. The molecule has 148 valence electrons. The van der Waals surface area contributed by atoms with Crippen molar-refractivity contribution in [3.05, 3.63) is 34.2 Å². The minimum absolute atomic E-state index is 0.112. The van der Waals surface area contributed by atoms with Gasteiger partial charge in [-0.1, -0.05) is 18.9 Å². The summed E-state index contributed by atoms with van der Waals surface area (Å²) >= 11 is 0. The highest BCUT2D eigenvalue weighted by Gasteiger charge is 2.45. The standard InChI is InChI=1S/C16H19F3N4O3S/c1-11-14-15(24)22(13-8-6-7-12(21-11)23(13)14)10-5-3-2-4-9-20-27(25,26)16(17,18)19/h6-8,20H,2-5,9-10H2,1H3. The molecular weight excluding hydrogens is 385 g/mol. The molecule has 3 heterocycles. The van der Waals surface area contributed by atoms with E-state index in [9.17, 15) is 26.4 Å². The molecule has 3 rings (SSSR count). The van der Waals surface area contributed by atoms with E-state index in [1.165, 1.54) is 4.72 Å². The molecule has 0 fully saturated rings. The second-order valence-corrected chi connectivity index (χ2v) is 8.10. The lowest BCUT2D eigenvalue weighted by molar-refractivity contribution is -0.0447. The van der Waals surface area contributed by atoms with Crippen molar-refractivity contribution in [2.24, 2.45) is 0 Å². The summed E-state index contributed by atoms with van der Waals surface area (Å²) in [6.07, 6.45) is 2.17. The number of unbranched alkanes of at least 4 members (excludes halogenated alkanes) is 3. The van der Waals surface area contributed by atoms with E-state index < -0.39 is 15.5 Å². The van der Waals surface area contributed by atoms with Crippen LogP contribution in [0.2, 0.25) is 0 Å². The van der Waals surface area contributed by atoms with Gasteiger partial charge in [0.15, 0.2) is 0 Å². The van der Waals surface area contributed by atoms with Crippen molar-refractivity contribution in [2.45, 2.75) is 44.7 Å². The van der Waals surface area contributed by atoms with Crippen molar-refractivity contribution in [1.82, 2.24) is 18.7 Å². The summed E-state index contributed by atoms with van der Waals surface area (Å²) in [5.74, 6) is 0. The molecule has 0 aromatic carbocycles. The average Bonchev–Trinajstić information content (AvgIpc) is 3.06. The van der Waals surface area contributed by atoms with E-state index in [1.54, 1.807) is 11.5 Å². The van der Waals surface area contributed by atoms with Gasteiger partial charge in [0.2, 0.25) is 0 Å². The Kier molecular flexibility index (Phi) is 5.17. The summed E-state index contributed by atoms with van der Waals surface area (Å²) in [6.45, 7) is 2.00. The van der Waals surface area contributed by atoms with Crippen molar-refractivity contribution in [2.75, 3.05) is 6.54 Å². The number of hydrogen-bond donors (Lipinski definition) is 1. The van der Waals surface area contributed by atoms with Crippen molar-refractivity contribution in [3.8, 4) is 0 Å². The first-order valence-corrected chi connectivity index (χ1v) is 9.97. The Bertz CT molecular complexity index is 1100. The predicted octanol–water partition coefficient (Wildman–Crippen LogP) is 2.40. The highest BCUT2D eigenvalue weighted by molar-refractivity contribution is 7.90. The smallest absolute Gasteiger partial charge is 0.292 e. The Morgan fingerprint density at radius 3 is 2.56 bits per heavy atom. The third-order valence-electron chi connectivity index (χ3n) is 4.43. The molecule has 0 unspecified atom stereocenters. The van der Waals surface area contributed by atoms with Crippen LogP contribution in [0.5, 0.6) is 0 Å². The van der Waals surface area contributed by atoms with Gasteiger partial charge < -0.3 is 0 Å². The first-order valence-electron chi connectivity index (χ1n) is 8.49. The summed E-state index contributed by atoms with van der Waals surface area (Å²) in [6, 6.07) is 5.51. The molecule has 0 saturated carbocycles. The minimum Gasteiger partial charge on any atom is -0.292 e. The van der Waals surface area contributed by atoms with Gasteiger partial charge in [0.05, 0.1) is 5.69 Å². The topological polar surface area (TPSA) is 85.5 Å². The summed E-state index contributed by atoms with van der Waals surface area (Å²) < 4.78 is 63.3. The number of imidazole rings is 2. The normalized spacial score (nSPS) is 13.2. The number of pyridine rings is 1. The Hall–Kier alpha value is -2.14. The van der Waals surface area contributed by atoms with Gasteiger partial charge in [-0.3, -0.25) is 13.8 Å². The molecule has 0 aliphatic carbocycles. The van der Waals surface area contributed by atoms with Gasteiger partial charge in [-0.2, -0.15) is 13.2 Å². The Morgan fingerprint density at radius 1 is 1.15 bits per heavy atom. The molecule has 27 heavy (non-hydrogen) atoms. The van der Waals surface area contributed by atoms with Gasteiger partial charge in [0, 0.05) is 13.1 Å². The van der Waals surface area contributed by atoms with E-state index in [2.05, 4.69) is 4.98 Å². The van der Waals surface area contributed by atoms with Gasteiger partial charge in [0.25, 0.3) is 5.56 Å². The molecular formula is C16H19F3N4O3S. The van der Waals surface area contributed by atoms with Gasteiger partial charge in [-0.25, -0.2) is 18.1 Å². The van der Waals surface area contributed by atoms with Crippen LogP contribution in [0.3, 0.4) is 0 Å². The lowest BCUT2D eigenvalue weighted by Gasteiger charge is -2.09. The molecule has 11 heteroatoms. The maximum Gasteiger partial charge on any atom is 0.511 e. The fraction of sp³-hybridized carbons (Fsp3) is 0.500. The number of nitrogens with one attached hydrogen (secondary N) is 1. The van der Waals surface area contributed by atoms with E-state index in [0.29, 0.717) is 49.1 Å². The van der Waals surface area contributed by atoms with Crippen LogP contribution in [0.15, 0.2) is 23.0 Å². The van der Waals surface area contributed by atoms with E-state index in [-0.39, 0.29) is 12.1 Å². The van der Waals surface area contributed by atoms with Crippen LogP contribution in [0.4, 0.5) is 13.2 Å². The molecule has 0 saturated heterocycles. The van der Waals surface area contributed by atoms with Gasteiger partial charge in [-0.15, -0.1) is 0 Å². The quantitative estimate of drug-likeness (QED) is 0.584. The Labute approximate surface area is 153 Å². The number of rotatable bonds is 8. The molecule has 0 amide bonds. The average molecular weight is 404 g/mol. The van der Waals surface area contributed by atoms with Crippen LogP contribution < -0.4 is 10.3 Å². The van der Waals surface area contributed by atoms with Crippen molar-refractivity contribution in [1.29, 1.82) is 0 Å². The summed E-state index contributed by atoms with van der Waals surface area (Å²) in [5.41, 5.74) is -2.69. The van der Waals surface area contributed by atoms with E-state index in [0.717, 1.165) is 5.65 Å². The summed E-state index contributed by atoms with van der Waals surface area (Å²) in [4.78, 5) is 17.0. The van der Waals surface area contributed by atoms with E-state index >= 15 is 0 Å². The first-order chi connectivity index (χ1) is 12.6. The number of aromatic nitrogens is 3. The van der Waals surface area contributed by atoms with E-state index in [4.69, 9.17) is 0 Å². The fourth-order valence-electron chi connectivity index (χ4n) is 3.14. The van der Waals surface area contributed by atoms with Crippen LogP contribution in [0.25, 0.3) is 16.8 Å². The molecule has 0 radical (unpaired) electrons. The zero-order valence-corrected chi connectivity index (χ0v) is 15.4. The second-order valence-electron chi connectivity index (χ2n) is 6.34. The van der Waals surface area contributed by atoms with Crippen molar-refractivity contribution in [3.63, 3.8) is 0 Å². The molecule has 0 bridgehead atoms. The third-order valence-corrected chi connectivity index (χ3v) is 5.62. The van der Waals surface area contributed by atoms with Gasteiger partial charge >= 0.3 is 15.5 Å². The largest absolute Gasteiger partial charge is 0.511 e. The van der Waals surface area contributed by atoms with Crippen molar-refractivity contribution >= 4 is 26.8 Å². The molecule has 3 aromatic heterocycles. The first kappa shape index (κ1) is 19.6. The molecule has 0 aliphatic rings. The molecule has 0 spiro atoms. The lowest BCUT2D eigenvalue weighted by atomic mass is 10.2. The SMILES string of the molecule is Cc1nc2cccc3n(CCCCCCNS(=O)(=O)C(F)(F)F)c(=O)c1n23. The lowest BCUT2D eigenvalue weighted by Crippen LogP contribution is -2.36. The summed E-state index contributed by atoms with van der Waals surface area (Å²) in [5, 5.41) is 0. The number of alkyl halides is 3. The number of hydrogen-bond acceptors (Lipinski definition) is 4. The van der Waals surface area contributed by atoms with Gasteiger partial charge in [-0.05, 0) is 31.9 Å². The number of halogens is 3. The van der Waals surface area contributed by atoms with Crippen LogP contribution >= 0.6 is 0 Å². The molecule has 7 nitrogen and oxygen atoms in total. The molecule has 1 N–H and O–H groups in total. The van der Waals surface area contributed by atoms with Crippen LogP contribution in [0.1, 0.15) is 31.4 Å². The van der Waals surface area contributed by atoms with Crippen LogP contribution in [-0.4, -0.2) is 34.4 Å². The van der Waals surface area contributed by atoms with Crippen LogP contribution in [0, 0.1) is 6.92 Å². The second kappa shape index (κ2) is 7.12. The molecule has 0 atom stereocenters. The number of nitrogens with zero attached hydrogens (tertiary/aromatic N) is 3. The highest BCUT2D eigenvalue weighted by Crippen LogP contribution is 2.21. The zero-order chi connectivity index (χ0) is 19.8. The van der Waals surface area contributed by atoms with Crippen molar-refractivity contribution < 1.29 is 21.6 Å². The highest BCUT2D eigenvalue weighted by atomic mass is 32.2. The number of sulfonamides is 1. The Balaban J connectivity index is 1.53. The zero-order valence-electron chi connectivity index (χ0n) is 14.6. The Morgan fingerprint density at radius 2 is 1.85 bits per heavy atom. The maximum atomic E-state index is 12.6. The fourth-order valence-corrected chi connectivity index (χ4v) is 3.71. The van der Waals surface area contributed by atoms with E-state index in [1.807, 2.05) is 22.6 Å². The maximum absolute atomic E-state index is 12.6. The molecule has 0 aliphatic heterocycles. The monoisotopic (exact) mass is 404 g/mol.